The van der Waals surface area contributed by atoms with Crippen molar-refractivity contribution in [1.29, 1.82) is 0 Å². The van der Waals surface area contributed by atoms with Gasteiger partial charge in [0.2, 0.25) is 0 Å². The van der Waals surface area contributed by atoms with Crippen molar-refractivity contribution in [3.8, 4) is 5.82 Å². The van der Waals surface area contributed by atoms with Crippen LogP contribution in [-0.2, 0) is 0 Å². The molecule has 0 aliphatic carbocycles. The largest absolute Gasteiger partial charge is 0.391 e. The maximum atomic E-state index is 11.9. The zero-order valence-corrected chi connectivity index (χ0v) is 11.4. The number of hydrogen-bond donors (Lipinski definition) is 2. The quantitative estimate of drug-likeness (QED) is 0.828. The Labute approximate surface area is 117 Å². The third kappa shape index (κ3) is 3.64. The Kier molecular flexibility index (Phi) is 4.84. The molecule has 2 heterocycles. The fourth-order valence-corrected chi connectivity index (χ4v) is 1.82. The van der Waals surface area contributed by atoms with Gasteiger partial charge in [-0.2, -0.15) is 0 Å². The van der Waals surface area contributed by atoms with Gasteiger partial charge in [-0.1, -0.05) is 13.3 Å². The van der Waals surface area contributed by atoms with Gasteiger partial charge in [0, 0.05) is 25.1 Å². The maximum absolute atomic E-state index is 11.9. The van der Waals surface area contributed by atoms with Crippen LogP contribution in [0.4, 0.5) is 0 Å². The van der Waals surface area contributed by atoms with Crippen molar-refractivity contribution in [2.75, 3.05) is 6.54 Å². The van der Waals surface area contributed by atoms with Crippen LogP contribution in [0.25, 0.3) is 5.82 Å². The number of carbonyl (C=O) groups excluding carboxylic acids is 1. The molecule has 6 heteroatoms. The summed E-state index contributed by atoms with van der Waals surface area (Å²) in [5.41, 5.74) is 0.470. The zero-order valence-electron chi connectivity index (χ0n) is 11.4. The number of aromatic nitrogens is 3. The number of nitrogens with one attached hydrogen (secondary N) is 1. The minimum absolute atomic E-state index is 0.232. The molecule has 0 aliphatic rings. The van der Waals surface area contributed by atoms with Gasteiger partial charge in [-0.05, 0) is 18.6 Å². The van der Waals surface area contributed by atoms with Crippen molar-refractivity contribution >= 4 is 5.91 Å². The molecule has 2 rings (SSSR count). The van der Waals surface area contributed by atoms with E-state index < -0.39 is 6.10 Å². The number of nitrogens with zero attached hydrogens (tertiary/aromatic N) is 3. The molecule has 0 radical (unpaired) electrons. The lowest BCUT2D eigenvalue weighted by molar-refractivity contribution is 0.0910. The van der Waals surface area contributed by atoms with Gasteiger partial charge >= 0.3 is 0 Å². The molecule has 2 aromatic heterocycles. The Balaban J connectivity index is 1.94. The van der Waals surface area contributed by atoms with E-state index in [1.807, 2.05) is 6.92 Å². The third-order valence-corrected chi connectivity index (χ3v) is 2.90. The van der Waals surface area contributed by atoms with Gasteiger partial charge in [0.05, 0.1) is 11.7 Å². The molecular weight excluding hydrogens is 256 g/mol. The van der Waals surface area contributed by atoms with Gasteiger partial charge < -0.3 is 10.4 Å². The number of rotatable bonds is 6. The molecule has 0 saturated carbocycles. The molecule has 1 amide bonds. The average molecular weight is 274 g/mol. The van der Waals surface area contributed by atoms with Crippen molar-refractivity contribution in [1.82, 2.24) is 19.9 Å². The zero-order chi connectivity index (χ0) is 14.4. The third-order valence-electron chi connectivity index (χ3n) is 2.90. The van der Waals surface area contributed by atoms with Crippen LogP contribution < -0.4 is 5.32 Å². The summed E-state index contributed by atoms with van der Waals surface area (Å²) in [5, 5.41) is 12.3. The Bertz CT molecular complexity index is 537. The molecule has 0 saturated heterocycles. The highest BCUT2D eigenvalue weighted by atomic mass is 16.3. The standard InChI is InChI=1S/C14H18N4O2/c1-2-3-12(19)9-17-14(20)11-4-5-13(16-8-11)18-7-6-15-10-18/h4-8,10,12,19H,2-3,9H2,1H3,(H,17,20). The summed E-state index contributed by atoms with van der Waals surface area (Å²) in [4.78, 5) is 20.0. The van der Waals surface area contributed by atoms with E-state index in [0.29, 0.717) is 17.8 Å². The van der Waals surface area contributed by atoms with Crippen molar-refractivity contribution in [3.63, 3.8) is 0 Å². The summed E-state index contributed by atoms with van der Waals surface area (Å²) in [5.74, 6) is 0.468. The first-order valence-corrected chi connectivity index (χ1v) is 6.61. The lowest BCUT2D eigenvalue weighted by Crippen LogP contribution is -2.32. The van der Waals surface area contributed by atoms with E-state index in [1.165, 1.54) is 6.20 Å². The molecule has 0 aliphatic heterocycles. The van der Waals surface area contributed by atoms with E-state index in [1.54, 1.807) is 35.4 Å². The Morgan fingerprint density at radius 2 is 2.35 bits per heavy atom. The Hall–Kier alpha value is -2.21. The van der Waals surface area contributed by atoms with E-state index in [2.05, 4.69) is 15.3 Å². The van der Waals surface area contributed by atoms with Crippen LogP contribution in [-0.4, -0.2) is 38.2 Å². The fourth-order valence-electron chi connectivity index (χ4n) is 1.82. The second-order valence-corrected chi connectivity index (χ2v) is 4.53. The second kappa shape index (κ2) is 6.81. The highest BCUT2D eigenvalue weighted by molar-refractivity contribution is 5.93. The molecule has 0 spiro atoms. The summed E-state index contributed by atoms with van der Waals surface area (Å²) in [6, 6.07) is 3.45. The fraction of sp³-hybridized carbons (Fsp3) is 0.357. The van der Waals surface area contributed by atoms with E-state index in [0.717, 1.165) is 6.42 Å². The molecular formula is C14H18N4O2. The molecule has 2 aromatic rings. The highest BCUT2D eigenvalue weighted by Crippen LogP contribution is 2.05. The minimum atomic E-state index is -0.498. The molecule has 0 fully saturated rings. The van der Waals surface area contributed by atoms with Gasteiger partial charge in [0.15, 0.2) is 0 Å². The minimum Gasteiger partial charge on any atom is -0.391 e. The van der Waals surface area contributed by atoms with Crippen molar-refractivity contribution in [2.45, 2.75) is 25.9 Å². The summed E-state index contributed by atoms with van der Waals surface area (Å²) < 4.78 is 1.76. The number of aliphatic hydroxyl groups is 1. The second-order valence-electron chi connectivity index (χ2n) is 4.53. The van der Waals surface area contributed by atoms with Gasteiger partial charge in [-0.15, -0.1) is 0 Å². The lowest BCUT2D eigenvalue weighted by atomic mass is 10.2. The molecule has 20 heavy (non-hydrogen) atoms. The number of amides is 1. The number of carbonyl (C=O) groups is 1. The number of aliphatic hydroxyl groups excluding tert-OH is 1. The lowest BCUT2D eigenvalue weighted by Gasteiger charge is -2.10. The van der Waals surface area contributed by atoms with Gasteiger partial charge in [-0.3, -0.25) is 9.36 Å². The van der Waals surface area contributed by atoms with Gasteiger partial charge in [0.1, 0.15) is 12.1 Å². The SMILES string of the molecule is CCCC(O)CNC(=O)c1ccc(-n2ccnc2)nc1. The summed E-state index contributed by atoms with van der Waals surface area (Å²) >= 11 is 0. The number of imidazole rings is 1. The van der Waals surface area contributed by atoms with Crippen LogP contribution in [0, 0.1) is 0 Å². The molecule has 1 atom stereocenters. The van der Waals surface area contributed by atoms with Gasteiger partial charge in [-0.25, -0.2) is 9.97 Å². The predicted octanol–water partition coefficient (Wildman–Crippen LogP) is 1.16. The molecule has 2 N–H and O–H groups in total. The van der Waals surface area contributed by atoms with Crippen LogP contribution in [0.2, 0.25) is 0 Å². The molecule has 0 bridgehead atoms. The average Bonchev–Trinajstić information content (AvgIpc) is 2.99. The first-order chi connectivity index (χ1) is 9.70. The highest BCUT2D eigenvalue weighted by Gasteiger charge is 2.09. The van der Waals surface area contributed by atoms with Crippen LogP contribution in [0.1, 0.15) is 30.1 Å². The summed E-state index contributed by atoms with van der Waals surface area (Å²) in [6.07, 6.45) is 7.67. The number of hydrogen-bond acceptors (Lipinski definition) is 4. The molecule has 106 valence electrons. The maximum Gasteiger partial charge on any atom is 0.252 e. The Morgan fingerprint density at radius 1 is 1.50 bits per heavy atom. The van der Waals surface area contributed by atoms with E-state index in [-0.39, 0.29) is 12.5 Å². The van der Waals surface area contributed by atoms with Crippen molar-refractivity contribution in [3.05, 3.63) is 42.6 Å². The van der Waals surface area contributed by atoms with E-state index >= 15 is 0 Å². The van der Waals surface area contributed by atoms with E-state index in [4.69, 9.17) is 0 Å². The number of pyridine rings is 1. The predicted molar refractivity (Wildman–Crippen MR) is 74.6 cm³/mol. The molecule has 0 aromatic carbocycles. The Morgan fingerprint density at radius 3 is 2.95 bits per heavy atom. The van der Waals surface area contributed by atoms with Crippen LogP contribution in [0.15, 0.2) is 37.1 Å². The normalized spacial score (nSPS) is 12.1. The topological polar surface area (TPSA) is 80.0 Å². The van der Waals surface area contributed by atoms with Crippen molar-refractivity contribution in [2.24, 2.45) is 0 Å². The summed E-state index contributed by atoms with van der Waals surface area (Å²) in [7, 11) is 0. The first kappa shape index (κ1) is 14.2. The van der Waals surface area contributed by atoms with E-state index in [9.17, 15) is 9.90 Å². The van der Waals surface area contributed by atoms with Gasteiger partial charge in [0.25, 0.3) is 5.91 Å². The summed E-state index contributed by atoms with van der Waals surface area (Å²) in [6.45, 7) is 2.25. The van der Waals surface area contributed by atoms with Crippen molar-refractivity contribution < 1.29 is 9.90 Å². The molecule has 1 unspecified atom stereocenters. The van der Waals surface area contributed by atoms with Crippen LogP contribution in [0.5, 0.6) is 0 Å². The molecule has 6 nitrogen and oxygen atoms in total. The first-order valence-electron chi connectivity index (χ1n) is 6.61. The smallest absolute Gasteiger partial charge is 0.252 e. The monoisotopic (exact) mass is 274 g/mol. The van der Waals surface area contributed by atoms with Crippen LogP contribution in [0.3, 0.4) is 0 Å². The van der Waals surface area contributed by atoms with Crippen LogP contribution >= 0.6 is 0 Å².